The van der Waals surface area contributed by atoms with E-state index in [2.05, 4.69) is 33.8 Å². The molecule has 0 amide bonds. The van der Waals surface area contributed by atoms with Crippen molar-refractivity contribution in [3.8, 4) is 0 Å². The minimum absolute atomic E-state index is 0.150. The standard InChI is InChI=1S/C14H22O2/c1-9-7-10(2)12(4)14(11(9)3)6-5-13(16)8-15/h7,13,15-16H,5-6,8H2,1-4H3. The van der Waals surface area contributed by atoms with Gasteiger partial charge in [-0.1, -0.05) is 6.07 Å². The Morgan fingerprint density at radius 3 is 2.00 bits per heavy atom. The molecule has 0 bridgehead atoms. The zero-order chi connectivity index (χ0) is 12.3. The molecule has 0 saturated carbocycles. The molecule has 0 aliphatic carbocycles. The quantitative estimate of drug-likeness (QED) is 0.820. The zero-order valence-electron chi connectivity index (χ0n) is 10.7. The van der Waals surface area contributed by atoms with E-state index >= 15 is 0 Å². The van der Waals surface area contributed by atoms with Crippen molar-refractivity contribution in [1.29, 1.82) is 0 Å². The molecule has 0 spiro atoms. The molecule has 16 heavy (non-hydrogen) atoms. The van der Waals surface area contributed by atoms with Crippen molar-refractivity contribution in [1.82, 2.24) is 0 Å². The summed E-state index contributed by atoms with van der Waals surface area (Å²) in [4.78, 5) is 0. The third kappa shape index (κ3) is 2.83. The highest BCUT2D eigenvalue weighted by atomic mass is 16.3. The highest BCUT2D eigenvalue weighted by Gasteiger charge is 2.10. The highest BCUT2D eigenvalue weighted by molar-refractivity contribution is 5.44. The van der Waals surface area contributed by atoms with Gasteiger partial charge in [0.15, 0.2) is 0 Å². The highest BCUT2D eigenvalue weighted by Crippen LogP contribution is 2.23. The summed E-state index contributed by atoms with van der Waals surface area (Å²) in [5.41, 5.74) is 6.56. The van der Waals surface area contributed by atoms with Crippen molar-refractivity contribution in [3.63, 3.8) is 0 Å². The lowest BCUT2D eigenvalue weighted by Crippen LogP contribution is -2.13. The normalized spacial score (nSPS) is 12.9. The summed E-state index contributed by atoms with van der Waals surface area (Å²) >= 11 is 0. The van der Waals surface area contributed by atoms with Crippen molar-refractivity contribution < 1.29 is 10.2 Å². The first-order valence-electron chi connectivity index (χ1n) is 5.82. The third-order valence-corrected chi connectivity index (χ3v) is 3.46. The first-order chi connectivity index (χ1) is 7.47. The molecule has 1 rings (SSSR count). The van der Waals surface area contributed by atoms with E-state index in [0.717, 1.165) is 6.42 Å². The molecule has 0 aliphatic rings. The Bertz CT molecular complexity index is 343. The smallest absolute Gasteiger partial charge is 0.0774 e. The van der Waals surface area contributed by atoms with Gasteiger partial charge in [-0.15, -0.1) is 0 Å². The van der Waals surface area contributed by atoms with Gasteiger partial charge in [0.05, 0.1) is 12.7 Å². The van der Waals surface area contributed by atoms with Crippen LogP contribution in [-0.2, 0) is 6.42 Å². The molecule has 1 aromatic carbocycles. The van der Waals surface area contributed by atoms with Crippen molar-refractivity contribution in [2.75, 3.05) is 6.61 Å². The molecule has 1 atom stereocenters. The van der Waals surface area contributed by atoms with Gasteiger partial charge in [-0.3, -0.25) is 0 Å². The summed E-state index contributed by atoms with van der Waals surface area (Å²) in [5.74, 6) is 0. The molecule has 90 valence electrons. The fourth-order valence-corrected chi connectivity index (χ4v) is 2.08. The van der Waals surface area contributed by atoms with Crippen LogP contribution in [0, 0.1) is 27.7 Å². The van der Waals surface area contributed by atoms with E-state index in [1.807, 2.05) is 0 Å². The van der Waals surface area contributed by atoms with Crippen molar-refractivity contribution in [3.05, 3.63) is 33.9 Å². The Hall–Kier alpha value is -0.860. The number of aryl methyl sites for hydroxylation is 2. The molecule has 0 aromatic heterocycles. The Kier molecular flexibility index (Phi) is 4.51. The maximum absolute atomic E-state index is 9.39. The number of hydrogen-bond acceptors (Lipinski definition) is 2. The van der Waals surface area contributed by atoms with Gasteiger partial charge in [0.1, 0.15) is 0 Å². The Labute approximate surface area is 97.9 Å². The van der Waals surface area contributed by atoms with Crippen LogP contribution in [0.5, 0.6) is 0 Å². The number of benzene rings is 1. The number of aliphatic hydroxyl groups excluding tert-OH is 2. The summed E-state index contributed by atoms with van der Waals surface area (Å²) in [6.07, 6.45) is 0.864. The maximum Gasteiger partial charge on any atom is 0.0774 e. The molecule has 1 unspecified atom stereocenters. The van der Waals surface area contributed by atoms with Gasteiger partial charge in [-0.25, -0.2) is 0 Å². The molecular weight excluding hydrogens is 200 g/mol. The van der Waals surface area contributed by atoms with E-state index in [-0.39, 0.29) is 6.61 Å². The average molecular weight is 222 g/mol. The van der Waals surface area contributed by atoms with Crippen molar-refractivity contribution in [2.24, 2.45) is 0 Å². The minimum atomic E-state index is -0.598. The van der Waals surface area contributed by atoms with E-state index in [1.54, 1.807) is 0 Å². The second kappa shape index (κ2) is 5.46. The minimum Gasteiger partial charge on any atom is -0.394 e. The van der Waals surface area contributed by atoms with E-state index in [1.165, 1.54) is 27.8 Å². The summed E-state index contributed by atoms with van der Waals surface area (Å²) in [6.45, 7) is 8.34. The summed E-state index contributed by atoms with van der Waals surface area (Å²) in [5, 5.41) is 18.2. The average Bonchev–Trinajstić information content (AvgIpc) is 2.26. The lowest BCUT2D eigenvalue weighted by atomic mass is 9.91. The molecule has 0 saturated heterocycles. The van der Waals surface area contributed by atoms with E-state index < -0.39 is 6.10 Å². The molecular formula is C14H22O2. The van der Waals surface area contributed by atoms with Crippen LogP contribution < -0.4 is 0 Å². The summed E-state index contributed by atoms with van der Waals surface area (Å²) in [6, 6.07) is 2.20. The third-order valence-electron chi connectivity index (χ3n) is 3.46. The summed E-state index contributed by atoms with van der Waals surface area (Å²) < 4.78 is 0. The zero-order valence-corrected chi connectivity index (χ0v) is 10.7. The first kappa shape index (κ1) is 13.2. The number of aliphatic hydroxyl groups is 2. The van der Waals surface area contributed by atoms with Crippen LogP contribution in [0.2, 0.25) is 0 Å². The first-order valence-corrected chi connectivity index (χ1v) is 5.82. The fourth-order valence-electron chi connectivity index (χ4n) is 2.08. The predicted octanol–water partition coefficient (Wildman–Crippen LogP) is 2.21. The molecule has 0 heterocycles. The fraction of sp³-hybridized carbons (Fsp3) is 0.571. The van der Waals surface area contributed by atoms with Gasteiger partial charge < -0.3 is 10.2 Å². The van der Waals surface area contributed by atoms with Crippen molar-refractivity contribution >= 4 is 0 Å². The second-order valence-electron chi connectivity index (χ2n) is 4.61. The van der Waals surface area contributed by atoms with E-state index in [4.69, 9.17) is 5.11 Å². The molecule has 2 nitrogen and oxygen atoms in total. The van der Waals surface area contributed by atoms with Crippen LogP contribution in [0.3, 0.4) is 0 Å². The monoisotopic (exact) mass is 222 g/mol. The largest absolute Gasteiger partial charge is 0.394 e. The van der Waals surface area contributed by atoms with Crippen LogP contribution in [0.15, 0.2) is 6.07 Å². The molecule has 2 heteroatoms. The van der Waals surface area contributed by atoms with E-state index in [0.29, 0.717) is 6.42 Å². The van der Waals surface area contributed by atoms with Crippen LogP contribution in [0.25, 0.3) is 0 Å². The lowest BCUT2D eigenvalue weighted by Gasteiger charge is -2.16. The maximum atomic E-state index is 9.39. The van der Waals surface area contributed by atoms with Gasteiger partial charge >= 0.3 is 0 Å². The predicted molar refractivity (Wildman–Crippen MR) is 66.8 cm³/mol. The Balaban J connectivity index is 2.94. The SMILES string of the molecule is Cc1cc(C)c(C)c(CCC(O)CO)c1C. The number of rotatable bonds is 4. The van der Waals surface area contributed by atoms with Crippen LogP contribution in [-0.4, -0.2) is 22.9 Å². The van der Waals surface area contributed by atoms with Crippen molar-refractivity contribution in [2.45, 2.75) is 46.6 Å². The Morgan fingerprint density at radius 2 is 1.56 bits per heavy atom. The number of hydrogen-bond donors (Lipinski definition) is 2. The second-order valence-corrected chi connectivity index (χ2v) is 4.61. The topological polar surface area (TPSA) is 40.5 Å². The van der Waals surface area contributed by atoms with E-state index in [9.17, 15) is 5.11 Å². The molecule has 0 radical (unpaired) electrons. The summed E-state index contributed by atoms with van der Waals surface area (Å²) in [7, 11) is 0. The van der Waals surface area contributed by atoms with Crippen LogP contribution >= 0.6 is 0 Å². The lowest BCUT2D eigenvalue weighted by molar-refractivity contribution is 0.0885. The van der Waals surface area contributed by atoms with Crippen LogP contribution in [0.1, 0.15) is 34.2 Å². The molecule has 1 aromatic rings. The van der Waals surface area contributed by atoms with Gasteiger partial charge in [0.2, 0.25) is 0 Å². The Morgan fingerprint density at radius 1 is 1.06 bits per heavy atom. The van der Waals surface area contributed by atoms with Gasteiger partial charge in [-0.05, 0) is 68.4 Å². The van der Waals surface area contributed by atoms with Gasteiger partial charge in [0.25, 0.3) is 0 Å². The van der Waals surface area contributed by atoms with Gasteiger partial charge in [0, 0.05) is 0 Å². The van der Waals surface area contributed by atoms with Crippen LogP contribution in [0.4, 0.5) is 0 Å². The molecule has 0 aliphatic heterocycles. The molecule has 0 fully saturated rings. The molecule has 2 N–H and O–H groups in total. The van der Waals surface area contributed by atoms with Gasteiger partial charge in [-0.2, -0.15) is 0 Å².